The Bertz CT molecular complexity index is 864. The fourth-order valence-electron chi connectivity index (χ4n) is 5.28. The van der Waals surface area contributed by atoms with Gasteiger partial charge in [0, 0.05) is 44.2 Å². The lowest BCUT2D eigenvalue weighted by Crippen LogP contribution is -2.47. The van der Waals surface area contributed by atoms with Crippen LogP contribution in [0.2, 0.25) is 0 Å². The lowest BCUT2D eigenvalue weighted by atomic mass is 9.74. The lowest BCUT2D eigenvalue weighted by molar-refractivity contribution is -0.116. The van der Waals surface area contributed by atoms with Gasteiger partial charge in [0.2, 0.25) is 5.91 Å². The molecule has 0 unspecified atom stereocenters. The maximum atomic E-state index is 12.2. The molecule has 6 heteroatoms. The molecule has 0 radical (unpaired) electrons. The number of carbonyl (C=O) groups excluding carboxylic acids is 2. The molecule has 0 aliphatic carbocycles. The summed E-state index contributed by atoms with van der Waals surface area (Å²) in [7, 11) is 0. The average Bonchev–Trinajstić information content (AvgIpc) is 3.34. The minimum atomic E-state index is -0.246. The average molecular weight is 410 g/mol. The second-order valence-electron chi connectivity index (χ2n) is 8.79. The van der Waals surface area contributed by atoms with Crippen LogP contribution in [0, 0.1) is 17.8 Å². The molecule has 3 aliphatic heterocycles. The third kappa shape index (κ3) is 4.04. The minimum Gasteiger partial charge on any atom is -0.436 e. The van der Waals surface area contributed by atoms with Crippen LogP contribution >= 0.6 is 0 Å². The zero-order chi connectivity index (χ0) is 21.1. The molecule has 4 rings (SSSR count). The van der Waals surface area contributed by atoms with Gasteiger partial charge in [-0.15, -0.1) is 5.92 Å². The molecular weight excluding hydrogens is 378 g/mol. The molecule has 30 heavy (non-hydrogen) atoms. The van der Waals surface area contributed by atoms with E-state index in [1.165, 1.54) is 5.56 Å². The Balaban J connectivity index is 1.31. The number of carbonyl (C=O) groups is 2. The van der Waals surface area contributed by atoms with Gasteiger partial charge >= 0.3 is 6.09 Å². The lowest BCUT2D eigenvalue weighted by Gasteiger charge is -2.40. The van der Waals surface area contributed by atoms with Crippen molar-refractivity contribution in [2.24, 2.45) is 5.92 Å². The third-order valence-corrected chi connectivity index (χ3v) is 6.93. The maximum Gasteiger partial charge on any atom is 0.410 e. The molecule has 0 saturated carbocycles. The molecule has 1 aromatic carbocycles. The maximum absolute atomic E-state index is 12.2. The van der Waals surface area contributed by atoms with Gasteiger partial charge in [-0.3, -0.25) is 4.79 Å². The van der Waals surface area contributed by atoms with Crippen LogP contribution in [0.15, 0.2) is 24.3 Å². The fraction of sp³-hybridized carbons (Fsp3) is 0.583. The molecule has 2 amide bonds. The predicted molar refractivity (Wildman–Crippen MR) is 116 cm³/mol. The summed E-state index contributed by atoms with van der Waals surface area (Å²) in [4.78, 5) is 30.6. The Morgan fingerprint density at radius 3 is 2.70 bits per heavy atom. The summed E-state index contributed by atoms with van der Waals surface area (Å²) in [6.07, 6.45) is 2.92. The topological polar surface area (TPSA) is 53.1 Å². The highest BCUT2D eigenvalue weighted by Crippen LogP contribution is 2.47. The number of anilines is 1. The first-order chi connectivity index (χ1) is 14.5. The molecule has 0 N–H and O–H groups in total. The van der Waals surface area contributed by atoms with E-state index in [9.17, 15) is 9.59 Å². The van der Waals surface area contributed by atoms with E-state index >= 15 is 0 Å². The second kappa shape index (κ2) is 8.69. The number of piperidine rings is 1. The number of amides is 2. The summed E-state index contributed by atoms with van der Waals surface area (Å²) in [5, 5.41) is 0. The van der Waals surface area contributed by atoms with Gasteiger partial charge < -0.3 is 19.4 Å². The highest BCUT2D eigenvalue weighted by molar-refractivity contribution is 5.94. The monoisotopic (exact) mass is 409 g/mol. The summed E-state index contributed by atoms with van der Waals surface area (Å²) in [6, 6.07) is 8.40. The van der Waals surface area contributed by atoms with Crippen LogP contribution in [0.4, 0.5) is 10.5 Å². The van der Waals surface area contributed by atoms with Crippen LogP contribution < -0.4 is 4.90 Å². The Morgan fingerprint density at radius 1 is 1.20 bits per heavy atom. The predicted octanol–water partition coefficient (Wildman–Crippen LogP) is 2.87. The van der Waals surface area contributed by atoms with E-state index in [1.807, 2.05) is 15.9 Å². The number of fused-ring (bicyclic) bond motifs is 2. The van der Waals surface area contributed by atoms with E-state index in [0.717, 1.165) is 64.2 Å². The number of nitrogens with zero attached hydrogens (tertiary/aromatic N) is 3. The van der Waals surface area contributed by atoms with E-state index in [2.05, 4.69) is 34.9 Å². The van der Waals surface area contributed by atoms with E-state index in [1.54, 1.807) is 13.8 Å². The first-order valence-electron chi connectivity index (χ1n) is 10.9. The van der Waals surface area contributed by atoms with E-state index in [0.29, 0.717) is 5.92 Å². The standard InChI is InChI=1S/C24H31N3O3/c1-3-4-15-30-23(29)26-12-9-20(17-26)16-25-13-10-24(11-14-25)18-27(19(2)28)22-8-6-5-7-21(22)24/h5-8,20H,9-18H2,1-2H3/t20-/m0/s1. The molecule has 1 spiro atoms. The van der Waals surface area contributed by atoms with Crippen molar-refractivity contribution < 1.29 is 14.3 Å². The molecular formula is C24H31N3O3. The Kier molecular flexibility index (Phi) is 6.01. The van der Waals surface area contributed by atoms with Gasteiger partial charge in [-0.1, -0.05) is 24.1 Å². The highest BCUT2D eigenvalue weighted by Gasteiger charge is 2.45. The van der Waals surface area contributed by atoms with Crippen molar-refractivity contribution in [2.75, 3.05) is 50.8 Å². The molecule has 160 valence electrons. The minimum absolute atomic E-state index is 0.0879. The summed E-state index contributed by atoms with van der Waals surface area (Å²) < 4.78 is 5.20. The number of likely N-dealkylation sites (tertiary alicyclic amines) is 2. The van der Waals surface area contributed by atoms with Crippen molar-refractivity contribution in [2.45, 2.75) is 38.5 Å². The van der Waals surface area contributed by atoms with Crippen LogP contribution in [0.3, 0.4) is 0 Å². The first kappa shape index (κ1) is 20.7. The van der Waals surface area contributed by atoms with Crippen LogP contribution in [-0.4, -0.2) is 67.7 Å². The number of rotatable bonds is 3. The summed E-state index contributed by atoms with van der Waals surface area (Å²) in [6.45, 7) is 9.00. The van der Waals surface area contributed by atoms with Gasteiger partial charge in [0.25, 0.3) is 0 Å². The van der Waals surface area contributed by atoms with E-state index < -0.39 is 0 Å². The Hall–Kier alpha value is -2.52. The molecule has 1 aromatic rings. The molecule has 1 atom stereocenters. The first-order valence-corrected chi connectivity index (χ1v) is 10.9. The van der Waals surface area contributed by atoms with Crippen molar-refractivity contribution in [1.82, 2.24) is 9.80 Å². The normalized spacial score (nSPS) is 22.5. The SMILES string of the molecule is CC#CCOC(=O)N1CC[C@@H](CN2CCC3(CC2)CN(C(C)=O)c2ccccc23)C1. The number of hydrogen-bond acceptors (Lipinski definition) is 4. The number of hydrogen-bond donors (Lipinski definition) is 0. The van der Waals surface area contributed by atoms with Crippen molar-refractivity contribution in [3.05, 3.63) is 29.8 Å². The highest BCUT2D eigenvalue weighted by atomic mass is 16.6. The van der Waals surface area contributed by atoms with Gasteiger partial charge in [-0.05, 0) is 56.8 Å². The van der Waals surface area contributed by atoms with Crippen LogP contribution in [-0.2, 0) is 14.9 Å². The van der Waals surface area contributed by atoms with E-state index in [-0.39, 0.29) is 24.0 Å². The van der Waals surface area contributed by atoms with Crippen molar-refractivity contribution in [3.8, 4) is 11.8 Å². The summed E-state index contributed by atoms with van der Waals surface area (Å²) in [5.74, 6) is 6.13. The van der Waals surface area contributed by atoms with Gasteiger partial charge in [0.1, 0.15) is 0 Å². The molecule has 3 aliphatic rings. The van der Waals surface area contributed by atoms with Gasteiger partial charge in [0.15, 0.2) is 6.61 Å². The van der Waals surface area contributed by atoms with Crippen LogP contribution in [0.5, 0.6) is 0 Å². The zero-order valence-electron chi connectivity index (χ0n) is 18.0. The van der Waals surface area contributed by atoms with Crippen molar-refractivity contribution in [1.29, 1.82) is 0 Å². The van der Waals surface area contributed by atoms with Crippen LogP contribution in [0.1, 0.15) is 38.7 Å². The largest absolute Gasteiger partial charge is 0.436 e. The molecule has 3 heterocycles. The van der Waals surface area contributed by atoms with Gasteiger partial charge in [-0.2, -0.15) is 0 Å². The zero-order valence-corrected chi connectivity index (χ0v) is 18.0. The van der Waals surface area contributed by atoms with Gasteiger partial charge in [-0.25, -0.2) is 4.79 Å². The number of benzene rings is 1. The summed E-state index contributed by atoms with van der Waals surface area (Å²) >= 11 is 0. The smallest absolute Gasteiger partial charge is 0.410 e. The Morgan fingerprint density at radius 2 is 1.97 bits per heavy atom. The summed E-state index contributed by atoms with van der Waals surface area (Å²) in [5.41, 5.74) is 2.52. The fourth-order valence-corrected chi connectivity index (χ4v) is 5.28. The number of ether oxygens (including phenoxy) is 1. The molecule has 0 aromatic heterocycles. The van der Waals surface area contributed by atoms with E-state index in [4.69, 9.17) is 4.74 Å². The quantitative estimate of drug-likeness (QED) is 0.721. The molecule has 2 fully saturated rings. The molecule has 2 saturated heterocycles. The van der Waals surface area contributed by atoms with Gasteiger partial charge in [0.05, 0.1) is 0 Å². The molecule has 0 bridgehead atoms. The molecule has 6 nitrogen and oxygen atoms in total. The van der Waals surface area contributed by atoms with Crippen molar-refractivity contribution in [3.63, 3.8) is 0 Å². The van der Waals surface area contributed by atoms with Crippen LogP contribution in [0.25, 0.3) is 0 Å². The number of para-hydroxylation sites is 1. The second-order valence-corrected chi connectivity index (χ2v) is 8.79. The third-order valence-electron chi connectivity index (χ3n) is 6.93. The van der Waals surface area contributed by atoms with Crippen molar-refractivity contribution >= 4 is 17.7 Å². The Labute approximate surface area is 179 Å².